The zero-order valence-corrected chi connectivity index (χ0v) is 18.7. The Labute approximate surface area is 174 Å². The molecule has 0 spiro atoms. The minimum Gasteiger partial charge on any atom is -0.444 e. The summed E-state index contributed by atoms with van der Waals surface area (Å²) in [6.07, 6.45) is 0.310. The number of hydrogen-bond acceptors (Lipinski definition) is 8. The normalized spacial score (nSPS) is 11.4. The highest BCUT2D eigenvalue weighted by Gasteiger charge is 2.21. The molecule has 0 aliphatic carbocycles. The molecule has 0 aliphatic heterocycles. The number of aliphatic imine (C=N–C) groups is 1. The second kappa shape index (κ2) is 11.2. The van der Waals surface area contributed by atoms with Gasteiger partial charge < -0.3 is 9.47 Å². The van der Waals surface area contributed by atoms with E-state index in [1.165, 1.54) is 10.8 Å². The van der Waals surface area contributed by atoms with Crippen LogP contribution in [-0.4, -0.2) is 46.6 Å². The van der Waals surface area contributed by atoms with E-state index in [0.29, 0.717) is 12.3 Å². The molecule has 156 valence electrons. The van der Waals surface area contributed by atoms with Crippen molar-refractivity contribution in [3.05, 3.63) is 24.4 Å². The highest BCUT2D eigenvalue weighted by molar-refractivity contribution is 8.76. The standard InChI is InChI=1S/C18H28N4O4S2/c1-17(2,3)25-15(23)21-14(22-16(24)26-18(4,5)6)20-11-12-27-28-13-9-7-8-10-19-13/h7-10H,11-12H2,1-6H3,(H2,20,21,22,23,24). The first-order valence-corrected chi connectivity index (χ1v) is 11.0. The van der Waals surface area contributed by atoms with Crippen LogP contribution in [0.3, 0.4) is 0 Å². The van der Waals surface area contributed by atoms with Gasteiger partial charge in [0.25, 0.3) is 0 Å². The van der Waals surface area contributed by atoms with Crippen LogP contribution in [0.2, 0.25) is 0 Å². The molecular formula is C18H28N4O4S2. The Morgan fingerprint density at radius 3 is 2.07 bits per heavy atom. The van der Waals surface area contributed by atoms with Gasteiger partial charge in [-0.15, -0.1) is 0 Å². The predicted molar refractivity (Wildman–Crippen MR) is 114 cm³/mol. The number of pyridine rings is 1. The molecule has 28 heavy (non-hydrogen) atoms. The maximum Gasteiger partial charge on any atom is 0.414 e. The molecule has 0 unspecified atom stereocenters. The van der Waals surface area contributed by atoms with Crippen molar-refractivity contribution in [2.45, 2.75) is 57.8 Å². The van der Waals surface area contributed by atoms with Crippen LogP contribution in [0.4, 0.5) is 9.59 Å². The number of carbonyl (C=O) groups excluding carboxylic acids is 2. The fourth-order valence-corrected chi connectivity index (χ4v) is 3.34. The lowest BCUT2D eigenvalue weighted by Crippen LogP contribution is -2.47. The maximum absolute atomic E-state index is 12.0. The third-order valence-electron chi connectivity index (χ3n) is 2.47. The van der Waals surface area contributed by atoms with E-state index in [2.05, 4.69) is 20.6 Å². The van der Waals surface area contributed by atoms with Gasteiger partial charge in [-0.05, 0) is 64.5 Å². The van der Waals surface area contributed by atoms with E-state index in [-0.39, 0.29) is 5.96 Å². The highest BCUT2D eigenvalue weighted by atomic mass is 33.1. The molecule has 2 N–H and O–H groups in total. The molecule has 0 aromatic carbocycles. The molecule has 0 aliphatic rings. The Morgan fingerprint density at radius 1 is 1.04 bits per heavy atom. The van der Waals surface area contributed by atoms with Crippen LogP contribution in [0.5, 0.6) is 0 Å². The van der Waals surface area contributed by atoms with Crippen LogP contribution in [0.15, 0.2) is 34.4 Å². The Kier molecular flexibility index (Phi) is 9.60. The molecule has 10 heteroatoms. The SMILES string of the molecule is CC(C)(C)OC(=O)NC(=NCCSSc1ccccn1)NC(=O)OC(C)(C)C. The Morgan fingerprint density at radius 2 is 1.61 bits per heavy atom. The van der Waals surface area contributed by atoms with E-state index in [9.17, 15) is 9.59 Å². The van der Waals surface area contributed by atoms with Gasteiger partial charge in [-0.25, -0.2) is 14.6 Å². The van der Waals surface area contributed by atoms with E-state index < -0.39 is 23.4 Å². The summed E-state index contributed by atoms with van der Waals surface area (Å²) in [6.45, 7) is 10.8. The average Bonchev–Trinajstić information content (AvgIpc) is 2.51. The zero-order chi connectivity index (χ0) is 21.2. The van der Waals surface area contributed by atoms with Crippen molar-refractivity contribution >= 4 is 39.7 Å². The van der Waals surface area contributed by atoms with Gasteiger partial charge in [0.05, 0.1) is 6.54 Å². The fraction of sp³-hybridized carbons (Fsp3) is 0.556. The number of nitrogens with one attached hydrogen (secondary N) is 2. The highest BCUT2D eigenvalue weighted by Crippen LogP contribution is 2.28. The molecule has 1 aromatic rings. The van der Waals surface area contributed by atoms with Gasteiger partial charge in [0.15, 0.2) is 0 Å². The number of hydrogen-bond donors (Lipinski definition) is 2. The zero-order valence-electron chi connectivity index (χ0n) is 17.1. The van der Waals surface area contributed by atoms with Crippen LogP contribution < -0.4 is 10.6 Å². The summed E-state index contributed by atoms with van der Waals surface area (Å²) in [5, 5.41) is 5.79. The van der Waals surface area contributed by atoms with Crippen LogP contribution in [-0.2, 0) is 9.47 Å². The third kappa shape index (κ3) is 12.4. The van der Waals surface area contributed by atoms with Crippen LogP contribution >= 0.6 is 21.6 Å². The first-order valence-electron chi connectivity index (χ1n) is 8.69. The largest absolute Gasteiger partial charge is 0.444 e. The van der Waals surface area contributed by atoms with Gasteiger partial charge in [0.2, 0.25) is 5.96 Å². The van der Waals surface area contributed by atoms with Gasteiger partial charge >= 0.3 is 12.2 Å². The summed E-state index contributed by atoms with van der Waals surface area (Å²) < 4.78 is 10.4. The summed E-state index contributed by atoms with van der Waals surface area (Å²) in [7, 11) is 3.09. The average molecular weight is 429 g/mol. The molecule has 0 atom stereocenters. The molecule has 0 saturated carbocycles. The maximum atomic E-state index is 12.0. The molecule has 0 bridgehead atoms. The minimum absolute atomic E-state index is 0.0214. The van der Waals surface area contributed by atoms with E-state index >= 15 is 0 Å². The van der Waals surface area contributed by atoms with Crippen molar-refractivity contribution in [1.82, 2.24) is 15.6 Å². The quantitative estimate of drug-likeness (QED) is 0.313. The summed E-state index contributed by atoms with van der Waals surface area (Å²) in [5.41, 5.74) is -1.34. The molecular weight excluding hydrogens is 400 g/mol. The number of carbonyl (C=O) groups is 2. The number of nitrogens with zero attached hydrogens (tertiary/aromatic N) is 2. The van der Waals surface area contributed by atoms with Gasteiger partial charge in [-0.2, -0.15) is 0 Å². The summed E-state index contributed by atoms with van der Waals surface area (Å²) in [4.78, 5) is 32.4. The van der Waals surface area contributed by atoms with E-state index in [1.807, 2.05) is 18.2 Å². The number of guanidine groups is 1. The second-order valence-electron chi connectivity index (χ2n) is 7.56. The third-order valence-corrected chi connectivity index (χ3v) is 4.71. The van der Waals surface area contributed by atoms with Gasteiger partial charge in [0, 0.05) is 11.9 Å². The van der Waals surface area contributed by atoms with Crippen LogP contribution in [0, 0.1) is 0 Å². The number of aromatic nitrogens is 1. The Bertz CT molecular complexity index is 638. The summed E-state index contributed by atoms with van der Waals surface area (Å²) >= 11 is 0. The first kappa shape index (κ1) is 24.1. The first-order chi connectivity index (χ1) is 12.9. The lowest BCUT2D eigenvalue weighted by Gasteiger charge is -2.22. The van der Waals surface area contributed by atoms with Crippen molar-refractivity contribution in [2.75, 3.05) is 12.3 Å². The van der Waals surface area contributed by atoms with Crippen molar-refractivity contribution in [1.29, 1.82) is 0 Å². The molecule has 2 amide bonds. The number of rotatable bonds is 5. The lowest BCUT2D eigenvalue weighted by atomic mass is 10.2. The molecule has 1 aromatic heterocycles. The molecule has 1 heterocycles. The van der Waals surface area contributed by atoms with Gasteiger partial charge in [-0.1, -0.05) is 16.9 Å². The number of ether oxygens (including phenoxy) is 2. The smallest absolute Gasteiger partial charge is 0.414 e. The summed E-state index contributed by atoms with van der Waals surface area (Å²) in [6, 6.07) is 5.69. The van der Waals surface area contributed by atoms with E-state index in [1.54, 1.807) is 58.5 Å². The van der Waals surface area contributed by atoms with Crippen molar-refractivity contribution in [3.8, 4) is 0 Å². The lowest BCUT2D eigenvalue weighted by molar-refractivity contribution is 0.0545. The Balaban J connectivity index is 2.60. The topological polar surface area (TPSA) is 102 Å². The fourth-order valence-electron chi connectivity index (χ4n) is 1.60. The van der Waals surface area contributed by atoms with E-state index in [0.717, 1.165) is 5.03 Å². The van der Waals surface area contributed by atoms with Crippen molar-refractivity contribution in [3.63, 3.8) is 0 Å². The summed E-state index contributed by atoms with van der Waals surface area (Å²) in [5.74, 6) is 0.628. The van der Waals surface area contributed by atoms with Crippen molar-refractivity contribution in [2.24, 2.45) is 4.99 Å². The van der Waals surface area contributed by atoms with Gasteiger partial charge in [0.1, 0.15) is 16.2 Å². The molecule has 8 nitrogen and oxygen atoms in total. The van der Waals surface area contributed by atoms with Crippen LogP contribution in [0.25, 0.3) is 0 Å². The minimum atomic E-state index is -0.710. The molecule has 1 rings (SSSR count). The monoisotopic (exact) mass is 428 g/mol. The molecule has 0 saturated heterocycles. The Hall–Kier alpha value is -1.94. The van der Waals surface area contributed by atoms with Crippen molar-refractivity contribution < 1.29 is 19.1 Å². The predicted octanol–water partition coefficient (Wildman–Crippen LogP) is 4.23. The molecule has 0 radical (unpaired) electrons. The number of alkyl carbamates (subject to hydrolysis) is 2. The van der Waals surface area contributed by atoms with Crippen LogP contribution in [0.1, 0.15) is 41.5 Å². The van der Waals surface area contributed by atoms with E-state index in [4.69, 9.17) is 9.47 Å². The van der Waals surface area contributed by atoms with Gasteiger partial charge in [-0.3, -0.25) is 15.6 Å². The molecule has 0 fully saturated rings. The number of amides is 2. The second-order valence-corrected chi connectivity index (χ2v) is 9.99.